The number of nitriles is 1. The maximum atomic E-state index is 10.5. The average molecular weight is 195 g/mol. The van der Waals surface area contributed by atoms with E-state index in [-0.39, 0.29) is 11.8 Å². The molecule has 1 N–H and O–H groups in total. The minimum absolute atomic E-state index is 0.194. The standard InChI is InChI=1S/C12H21NO/c1-4-11(8-13)12(14)7-5-6-9(2)10(12)3/h9-11,14H,4-7H2,1-3H3. The van der Waals surface area contributed by atoms with Gasteiger partial charge in [-0.05, 0) is 24.7 Å². The van der Waals surface area contributed by atoms with Gasteiger partial charge in [0.2, 0.25) is 0 Å². The lowest BCUT2D eigenvalue weighted by atomic mass is 9.65. The molecule has 4 unspecified atom stereocenters. The fraction of sp³-hybridized carbons (Fsp3) is 0.917. The third-order valence-electron chi connectivity index (χ3n) is 4.05. The Morgan fingerprint density at radius 3 is 2.71 bits per heavy atom. The van der Waals surface area contributed by atoms with Crippen LogP contribution in [0.15, 0.2) is 0 Å². The molecule has 0 aliphatic heterocycles. The number of hydrogen-bond donors (Lipinski definition) is 1. The van der Waals surface area contributed by atoms with Gasteiger partial charge in [0, 0.05) is 0 Å². The summed E-state index contributed by atoms with van der Waals surface area (Å²) in [6.07, 6.45) is 3.79. The first-order valence-corrected chi connectivity index (χ1v) is 5.68. The van der Waals surface area contributed by atoms with Crippen molar-refractivity contribution in [3.63, 3.8) is 0 Å². The Morgan fingerprint density at radius 1 is 1.57 bits per heavy atom. The number of hydrogen-bond acceptors (Lipinski definition) is 2. The fourth-order valence-corrected chi connectivity index (χ4v) is 2.73. The molecule has 80 valence electrons. The van der Waals surface area contributed by atoms with Crippen LogP contribution in [0.3, 0.4) is 0 Å². The highest BCUT2D eigenvalue weighted by Crippen LogP contribution is 2.42. The van der Waals surface area contributed by atoms with Crippen molar-refractivity contribution >= 4 is 0 Å². The van der Waals surface area contributed by atoms with Crippen molar-refractivity contribution in [1.29, 1.82) is 5.26 Å². The number of nitrogens with zero attached hydrogens (tertiary/aromatic N) is 1. The molecular formula is C12H21NO. The summed E-state index contributed by atoms with van der Waals surface area (Å²) in [6, 6.07) is 2.26. The molecule has 1 rings (SSSR count). The van der Waals surface area contributed by atoms with E-state index in [2.05, 4.69) is 19.9 Å². The summed E-state index contributed by atoms with van der Waals surface area (Å²) in [4.78, 5) is 0. The van der Waals surface area contributed by atoms with Gasteiger partial charge in [-0.1, -0.05) is 33.6 Å². The lowest BCUT2D eigenvalue weighted by Gasteiger charge is -2.44. The molecule has 0 aromatic carbocycles. The zero-order valence-electron chi connectivity index (χ0n) is 9.45. The van der Waals surface area contributed by atoms with E-state index in [1.54, 1.807) is 0 Å². The van der Waals surface area contributed by atoms with Crippen LogP contribution >= 0.6 is 0 Å². The maximum Gasteiger partial charge on any atom is 0.0833 e. The maximum absolute atomic E-state index is 10.5. The van der Waals surface area contributed by atoms with Crippen molar-refractivity contribution in [2.24, 2.45) is 17.8 Å². The Labute approximate surface area is 86.9 Å². The topological polar surface area (TPSA) is 44.0 Å². The van der Waals surface area contributed by atoms with E-state index in [1.165, 1.54) is 6.42 Å². The molecule has 2 heteroatoms. The number of rotatable bonds is 2. The van der Waals surface area contributed by atoms with E-state index in [0.717, 1.165) is 19.3 Å². The van der Waals surface area contributed by atoms with Crippen molar-refractivity contribution in [3.8, 4) is 6.07 Å². The molecule has 1 aliphatic carbocycles. The molecule has 0 radical (unpaired) electrons. The molecule has 0 aromatic rings. The molecular weight excluding hydrogens is 174 g/mol. The van der Waals surface area contributed by atoms with Crippen LogP contribution < -0.4 is 0 Å². The highest BCUT2D eigenvalue weighted by atomic mass is 16.3. The van der Waals surface area contributed by atoms with Crippen LogP contribution in [0.1, 0.15) is 46.5 Å². The normalized spacial score (nSPS) is 40.2. The molecule has 0 heterocycles. The van der Waals surface area contributed by atoms with Gasteiger partial charge in [0.1, 0.15) is 0 Å². The van der Waals surface area contributed by atoms with Gasteiger partial charge in [0.15, 0.2) is 0 Å². The Bertz CT molecular complexity index is 233. The van der Waals surface area contributed by atoms with Crippen LogP contribution in [-0.2, 0) is 0 Å². The van der Waals surface area contributed by atoms with Gasteiger partial charge in [0.25, 0.3) is 0 Å². The lowest BCUT2D eigenvalue weighted by Crippen LogP contribution is -2.48. The van der Waals surface area contributed by atoms with Crippen LogP contribution in [0.25, 0.3) is 0 Å². The van der Waals surface area contributed by atoms with Gasteiger partial charge in [-0.25, -0.2) is 0 Å². The smallest absolute Gasteiger partial charge is 0.0833 e. The Balaban J connectivity index is 2.85. The Kier molecular flexibility index (Phi) is 3.55. The van der Waals surface area contributed by atoms with Crippen molar-refractivity contribution in [3.05, 3.63) is 0 Å². The van der Waals surface area contributed by atoms with Crippen molar-refractivity contribution in [2.75, 3.05) is 0 Å². The molecule has 2 nitrogen and oxygen atoms in total. The largest absolute Gasteiger partial charge is 0.388 e. The third-order valence-corrected chi connectivity index (χ3v) is 4.05. The van der Waals surface area contributed by atoms with Crippen LogP contribution in [0, 0.1) is 29.1 Å². The van der Waals surface area contributed by atoms with Crippen LogP contribution in [0.4, 0.5) is 0 Å². The van der Waals surface area contributed by atoms with Crippen molar-refractivity contribution in [2.45, 2.75) is 52.1 Å². The molecule has 0 amide bonds. The van der Waals surface area contributed by atoms with E-state index < -0.39 is 5.60 Å². The molecule has 1 aliphatic rings. The van der Waals surface area contributed by atoms with Crippen LogP contribution in [0.5, 0.6) is 0 Å². The molecule has 0 bridgehead atoms. The summed E-state index contributed by atoms with van der Waals surface area (Å²) in [5, 5.41) is 19.6. The van der Waals surface area contributed by atoms with Gasteiger partial charge < -0.3 is 5.11 Å². The van der Waals surface area contributed by atoms with Gasteiger partial charge in [-0.2, -0.15) is 5.26 Å². The predicted molar refractivity (Wildman–Crippen MR) is 56.5 cm³/mol. The summed E-state index contributed by atoms with van der Waals surface area (Å²) >= 11 is 0. The Morgan fingerprint density at radius 2 is 2.21 bits per heavy atom. The summed E-state index contributed by atoms with van der Waals surface area (Å²) in [5.74, 6) is 0.595. The monoisotopic (exact) mass is 195 g/mol. The zero-order valence-corrected chi connectivity index (χ0v) is 9.45. The van der Waals surface area contributed by atoms with Crippen molar-refractivity contribution < 1.29 is 5.11 Å². The second kappa shape index (κ2) is 4.31. The SMILES string of the molecule is CCC(C#N)C1(O)CCCC(C)C1C. The summed E-state index contributed by atoms with van der Waals surface area (Å²) < 4.78 is 0. The molecule has 1 fully saturated rings. The molecule has 14 heavy (non-hydrogen) atoms. The summed E-state index contributed by atoms with van der Waals surface area (Å²) in [7, 11) is 0. The third kappa shape index (κ3) is 1.79. The molecule has 0 saturated heterocycles. The van der Waals surface area contributed by atoms with Gasteiger partial charge in [-0.15, -0.1) is 0 Å². The summed E-state index contributed by atoms with van der Waals surface area (Å²) in [5.41, 5.74) is -0.735. The van der Waals surface area contributed by atoms with Crippen LogP contribution in [0.2, 0.25) is 0 Å². The van der Waals surface area contributed by atoms with Gasteiger partial charge >= 0.3 is 0 Å². The van der Waals surface area contributed by atoms with Gasteiger partial charge in [-0.3, -0.25) is 0 Å². The molecule has 0 spiro atoms. The molecule has 0 aromatic heterocycles. The quantitative estimate of drug-likeness (QED) is 0.736. The van der Waals surface area contributed by atoms with E-state index in [1.807, 2.05) is 6.92 Å². The van der Waals surface area contributed by atoms with E-state index in [9.17, 15) is 5.11 Å². The van der Waals surface area contributed by atoms with E-state index in [4.69, 9.17) is 5.26 Å². The first kappa shape index (κ1) is 11.5. The van der Waals surface area contributed by atoms with Gasteiger partial charge in [0.05, 0.1) is 17.6 Å². The minimum Gasteiger partial charge on any atom is -0.388 e. The van der Waals surface area contributed by atoms with Crippen molar-refractivity contribution in [1.82, 2.24) is 0 Å². The minimum atomic E-state index is -0.735. The molecule has 1 saturated carbocycles. The average Bonchev–Trinajstić information content (AvgIpc) is 2.16. The predicted octanol–water partition coefficient (Wildman–Crippen LogP) is 2.72. The van der Waals surface area contributed by atoms with Crippen LogP contribution in [-0.4, -0.2) is 10.7 Å². The second-order valence-corrected chi connectivity index (χ2v) is 4.74. The first-order chi connectivity index (χ1) is 6.56. The second-order valence-electron chi connectivity index (χ2n) is 4.74. The first-order valence-electron chi connectivity index (χ1n) is 5.68. The summed E-state index contributed by atoms with van der Waals surface area (Å²) in [6.45, 7) is 6.25. The fourth-order valence-electron chi connectivity index (χ4n) is 2.73. The van der Waals surface area contributed by atoms with E-state index in [0.29, 0.717) is 5.92 Å². The number of aliphatic hydroxyl groups is 1. The highest BCUT2D eigenvalue weighted by molar-refractivity contribution is 5.03. The highest BCUT2D eigenvalue weighted by Gasteiger charge is 2.45. The lowest BCUT2D eigenvalue weighted by molar-refractivity contribution is -0.0921. The Hall–Kier alpha value is -0.550. The van der Waals surface area contributed by atoms with E-state index >= 15 is 0 Å². The zero-order chi connectivity index (χ0) is 10.8. The molecule has 4 atom stereocenters.